The van der Waals surface area contributed by atoms with E-state index in [1.54, 1.807) is 0 Å². The van der Waals surface area contributed by atoms with E-state index in [4.69, 9.17) is 4.98 Å². The van der Waals surface area contributed by atoms with Crippen LogP contribution in [-0.2, 0) is 25.5 Å². The van der Waals surface area contributed by atoms with Crippen molar-refractivity contribution in [2.24, 2.45) is 0 Å². The van der Waals surface area contributed by atoms with E-state index in [2.05, 4.69) is 119 Å². The van der Waals surface area contributed by atoms with Gasteiger partial charge in [-0.2, -0.15) is 0 Å². The van der Waals surface area contributed by atoms with Gasteiger partial charge in [0, 0.05) is 37.9 Å². The molecule has 5 aromatic rings. The van der Waals surface area contributed by atoms with Crippen LogP contribution in [0.5, 0.6) is 0 Å². The van der Waals surface area contributed by atoms with Gasteiger partial charge < -0.3 is 9.97 Å². The van der Waals surface area contributed by atoms with Crippen molar-refractivity contribution >= 4 is 0 Å². The molecule has 0 saturated heterocycles. The first kappa shape index (κ1) is 27.6. The Kier molecular flexibility index (Phi) is 8.11. The van der Waals surface area contributed by atoms with Crippen molar-refractivity contribution in [1.29, 1.82) is 0 Å². The summed E-state index contributed by atoms with van der Waals surface area (Å²) in [6, 6.07) is 31.9. The van der Waals surface area contributed by atoms with E-state index in [9.17, 15) is 0 Å². The summed E-state index contributed by atoms with van der Waals surface area (Å²) in [5, 5.41) is 0. The maximum Gasteiger partial charge on any atom is 0.0207 e. The van der Waals surface area contributed by atoms with Crippen LogP contribution in [0.25, 0.3) is 33.6 Å². The van der Waals surface area contributed by atoms with Crippen molar-refractivity contribution in [3.8, 4) is 33.6 Å². The number of aromatic nitrogens is 2. The van der Waals surface area contributed by atoms with Crippen molar-refractivity contribution in [1.82, 2.24) is 9.97 Å². The molecule has 0 N–H and O–H groups in total. The van der Waals surface area contributed by atoms with E-state index >= 15 is 0 Å². The van der Waals surface area contributed by atoms with Gasteiger partial charge in [-0.3, -0.25) is 0 Å². The van der Waals surface area contributed by atoms with E-state index in [1.807, 2.05) is 24.5 Å². The Morgan fingerprint density at radius 1 is 0.632 bits per heavy atom. The second kappa shape index (κ2) is 11.2. The van der Waals surface area contributed by atoms with Crippen LogP contribution in [0.4, 0.5) is 0 Å². The molecule has 3 aromatic carbocycles. The van der Waals surface area contributed by atoms with Crippen LogP contribution >= 0.6 is 0 Å². The zero-order valence-electron chi connectivity index (χ0n) is 22.8. The van der Waals surface area contributed by atoms with Crippen LogP contribution in [0.2, 0.25) is 0 Å². The fourth-order valence-corrected chi connectivity index (χ4v) is 4.89. The fourth-order valence-electron chi connectivity index (χ4n) is 4.89. The van der Waals surface area contributed by atoms with E-state index in [0.717, 1.165) is 22.5 Å². The molecule has 1 aliphatic rings. The maximum atomic E-state index is 4.71. The van der Waals surface area contributed by atoms with Crippen LogP contribution in [0.15, 0.2) is 85.2 Å². The quantitative estimate of drug-likeness (QED) is 0.176. The van der Waals surface area contributed by atoms with Gasteiger partial charge in [0.2, 0.25) is 0 Å². The zero-order valence-corrected chi connectivity index (χ0v) is 25.2. The van der Waals surface area contributed by atoms with Crippen molar-refractivity contribution in [3.63, 3.8) is 0 Å². The summed E-state index contributed by atoms with van der Waals surface area (Å²) in [5.74, 6) is 0. The second-order valence-electron chi connectivity index (χ2n) is 10.5. The van der Waals surface area contributed by atoms with Crippen molar-refractivity contribution in [2.75, 3.05) is 0 Å². The Bertz CT molecular complexity index is 1580. The number of aryl methyl sites for hydroxylation is 4. The number of benzene rings is 3. The monoisotopic (exact) mass is 673 g/mol. The maximum absolute atomic E-state index is 4.71. The minimum atomic E-state index is 0. The van der Waals surface area contributed by atoms with E-state index in [-0.39, 0.29) is 25.5 Å². The number of hydrogen-bond acceptors (Lipinski definition) is 2. The summed E-state index contributed by atoms with van der Waals surface area (Å²) >= 11 is 0. The number of nitrogens with zero attached hydrogens (tertiary/aromatic N) is 2. The van der Waals surface area contributed by atoms with Gasteiger partial charge in [0.1, 0.15) is 0 Å². The van der Waals surface area contributed by atoms with E-state index < -0.39 is 0 Å². The molecule has 3 heteroatoms. The van der Waals surface area contributed by atoms with Crippen molar-refractivity contribution in [3.05, 3.63) is 131 Å². The van der Waals surface area contributed by atoms with Gasteiger partial charge in [-0.25, -0.2) is 0 Å². The van der Waals surface area contributed by atoms with E-state index in [0.29, 0.717) is 0 Å². The first-order valence-corrected chi connectivity index (χ1v) is 12.7. The summed E-state index contributed by atoms with van der Waals surface area (Å²) in [4.78, 5) is 9.12. The normalized spacial score (nSPS) is 12.5. The summed E-state index contributed by atoms with van der Waals surface area (Å²) < 4.78 is 0. The molecule has 2 heterocycles. The molecule has 1 radical (unpaired) electrons. The second-order valence-corrected chi connectivity index (χ2v) is 10.5. The molecule has 0 saturated carbocycles. The molecular weight excluding hydrogens is 641 g/mol. The third-order valence-electron chi connectivity index (χ3n) is 7.32. The molecule has 193 valence electrons. The number of fused-ring (bicyclic) bond motifs is 3. The number of pyridine rings is 2. The average Bonchev–Trinajstić information content (AvgIpc) is 3.13. The molecule has 1 aliphatic carbocycles. The summed E-state index contributed by atoms with van der Waals surface area (Å²) in [6.07, 6.45) is 3.96. The summed E-state index contributed by atoms with van der Waals surface area (Å²) in [5.41, 5.74) is 14.4. The van der Waals surface area contributed by atoms with Crippen LogP contribution in [0, 0.1) is 39.8 Å². The average molecular weight is 673 g/mol. The molecular formula is C35H32IrN2-2. The number of rotatable bonds is 2. The Hall–Kier alpha value is -3.39. The number of hydrogen-bond donors (Lipinski definition) is 0. The van der Waals surface area contributed by atoms with Gasteiger partial charge in [0.05, 0.1) is 0 Å². The Morgan fingerprint density at radius 2 is 1.37 bits per heavy atom. The third-order valence-corrected chi connectivity index (χ3v) is 7.32. The van der Waals surface area contributed by atoms with Gasteiger partial charge in [0.15, 0.2) is 0 Å². The standard InChI is InChI=1S/C21H18N.C14H14N.Ir/c1-14-7-6-8-15(11-14)20-12-17-16-9-4-5-10-18(16)21(2,3)19(17)13-22-20;1-10-4-6-13(7-5-10)14-8-11(2)12(3)9-15-14;/h4-7,9-13H,1-3H3;4-6,8-9H,1-3H3;/q2*-1;. The molecule has 0 fully saturated rings. The van der Waals surface area contributed by atoms with Crippen LogP contribution < -0.4 is 0 Å². The molecule has 2 aromatic heterocycles. The zero-order chi connectivity index (χ0) is 26.2. The minimum Gasteiger partial charge on any atom is -0.304 e. The fraction of sp³-hybridized carbons (Fsp3) is 0.200. The SMILES string of the molecule is Cc1c[c-]c(-c2cc(C)c(C)cn2)cc1.Cc1cc[c-]c(-c2cc3c(cn2)C(C)(C)c2ccccc2-3)c1.[Ir]. The Labute approximate surface area is 240 Å². The van der Waals surface area contributed by atoms with Crippen molar-refractivity contribution in [2.45, 2.75) is 47.0 Å². The van der Waals surface area contributed by atoms with Crippen LogP contribution in [-0.4, -0.2) is 9.97 Å². The molecule has 2 nitrogen and oxygen atoms in total. The Balaban J connectivity index is 0.000000185. The first-order valence-electron chi connectivity index (χ1n) is 12.7. The van der Waals surface area contributed by atoms with E-state index in [1.165, 1.54) is 44.5 Å². The largest absolute Gasteiger partial charge is 0.304 e. The predicted octanol–water partition coefficient (Wildman–Crippen LogP) is 8.64. The molecule has 0 spiro atoms. The summed E-state index contributed by atoms with van der Waals surface area (Å²) in [6.45, 7) is 12.9. The van der Waals surface area contributed by atoms with Gasteiger partial charge in [-0.05, 0) is 53.1 Å². The van der Waals surface area contributed by atoms with Gasteiger partial charge in [-0.1, -0.05) is 69.7 Å². The van der Waals surface area contributed by atoms with Crippen LogP contribution in [0.3, 0.4) is 0 Å². The molecule has 0 bridgehead atoms. The van der Waals surface area contributed by atoms with Gasteiger partial charge in [0.25, 0.3) is 0 Å². The Morgan fingerprint density at radius 3 is 2.08 bits per heavy atom. The van der Waals surface area contributed by atoms with Gasteiger partial charge >= 0.3 is 0 Å². The predicted molar refractivity (Wildman–Crippen MR) is 154 cm³/mol. The molecule has 6 rings (SSSR count). The molecule has 0 amide bonds. The third kappa shape index (κ3) is 5.41. The summed E-state index contributed by atoms with van der Waals surface area (Å²) in [7, 11) is 0. The van der Waals surface area contributed by atoms with Crippen LogP contribution in [0.1, 0.15) is 47.2 Å². The topological polar surface area (TPSA) is 25.8 Å². The smallest absolute Gasteiger partial charge is 0.0207 e. The first-order chi connectivity index (χ1) is 17.7. The minimum absolute atomic E-state index is 0. The molecule has 0 atom stereocenters. The van der Waals surface area contributed by atoms with Crippen molar-refractivity contribution < 1.29 is 20.1 Å². The van der Waals surface area contributed by atoms with Gasteiger partial charge in [-0.15, -0.1) is 70.8 Å². The molecule has 0 aliphatic heterocycles. The molecule has 38 heavy (non-hydrogen) atoms. The molecule has 0 unspecified atom stereocenters.